The van der Waals surface area contributed by atoms with Crippen LogP contribution in [0.1, 0.15) is 47.0 Å². The molecule has 1 saturated heterocycles. The first kappa shape index (κ1) is 13.5. The molecule has 16 heavy (non-hydrogen) atoms. The van der Waals surface area contributed by atoms with Crippen molar-refractivity contribution in [2.75, 3.05) is 6.61 Å². The van der Waals surface area contributed by atoms with E-state index in [0.29, 0.717) is 12.8 Å². The second-order valence-corrected chi connectivity index (χ2v) is 5.64. The summed E-state index contributed by atoms with van der Waals surface area (Å²) >= 11 is 0. The van der Waals surface area contributed by atoms with Crippen LogP contribution in [0, 0.1) is 5.41 Å². The van der Waals surface area contributed by atoms with E-state index < -0.39 is 22.6 Å². The molecule has 1 rings (SSSR count). The second-order valence-electron chi connectivity index (χ2n) is 5.64. The molecule has 2 N–H and O–H groups in total. The standard InChI is InChI=1S/C12H22O4/c1-5-6-11(4,9(13)14)12(15)7-10(2,3)16-8-12/h15H,5-8H2,1-4H3,(H,13,14). The average Bonchev–Trinajstić information content (AvgIpc) is 2.42. The molecule has 2 atom stereocenters. The number of carboxylic acids is 1. The van der Waals surface area contributed by atoms with Gasteiger partial charge in [0.2, 0.25) is 0 Å². The first-order chi connectivity index (χ1) is 7.17. The first-order valence-electron chi connectivity index (χ1n) is 5.77. The van der Waals surface area contributed by atoms with Gasteiger partial charge in [-0.1, -0.05) is 13.3 Å². The average molecular weight is 230 g/mol. The Kier molecular flexibility index (Phi) is 3.37. The molecule has 0 aromatic rings. The van der Waals surface area contributed by atoms with Crippen molar-refractivity contribution in [2.45, 2.75) is 58.2 Å². The smallest absolute Gasteiger partial charge is 0.312 e. The van der Waals surface area contributed by atoms with Crippen LogP contribution in [0.5, 0.6) is 0 Å². The molecule has 2 unspecified atom stereocenters. The molecule has 1 aliphatic heterocycles. The Labute approximate surface area is 96.6 Å². The maximum absolute atomic E-state index is 11.4. The van der Waals surface area contributed by atoms with Crippen LogP contribution < -0.4 is 0 Å². The third kappa shape index (κ3) is 2.09. The Balaban J connectivity index is 3.00. The minimum Gasteiger partial charge on any atom is -0.481 e. The predicted octanol–water partition coefficient (Wildman–Crippen LogP) is 1.81. The maximum atomic E-state index is 11.4. The largest absolute Gasteiger partial charge is 0.481 e. The molecule has 1 aliphatic rings. The molecule has 0 aromatic heterocycles. The Morgan fingerprint density at radius 1 is 1.50 bits per heavy atom. The second kappa shape index (κ2) is 4.00. The molecule has 4 nitrogen and oxygen atoms in total. The molecule has 0 amide bonds. The number of ether oxygens (including phenoxy) is 1. The fourth-order valence-corrected chi connectivity index (χ4v) is 2.51. The van der Waals surface area contributed by atoms with Crippen LogP contribution in [0.2, 0.25) is 0 Å². The van der Waals surface area contributed by atoms with E-state index in [9.17, 15) is 15.0 Å². The molecule has 0 saturated carbocycles. The normalized spacial score (nSPS) is 32.3. The van der Waals surface area contributed by atoms with E-state index in [1.54, 1.807) is 6.92 Å². The summed E-state index contributed by atoms with van der Waals surface area (Å²) in [6.07, 6.45) is 1.55. The number of hydrogen-bond donors (Lipinski definition) is 2. The van der Waals surface area contributed by atoms with Crippen LogP contribution in [0.3, 0.4) is 0 Å². The highest BCUT2D eigenvalue weighted by atomic mass is 16.5. The summed E-state index contributed by atoms with van der Waals surface area (Å²) in [6.45, 7) is 7.39. The number of rotatable bonds is 4. The monoisotopic (exact) mass is 230 g/mol. The summed E-state index contributed by atoms with van der Waals surface area (Å²) in [6, 6.07) is 0. The topological polar surface area (TPSA) is 66.8 Å². The van der Waals surface area contributed by atoms with Crippen molar-refractivity contribution in [2.24, 2.45) is 5.41 Å². The van der Waals surface area contributed by atoms with Crippen LogP contribution in [0.4, 0.5) is 0 Å². The van der Waals surface area contributed by atoms with E-state index in [1.807, 2.05) is 20.8 Å². The summed E-state index contributed by atoms with van der Waals surface area (Å²) in [4.78, 5) is 11.4. The zero-order chi connectivity index (χ0) is 12.6. The Hall–Kier alpha value is -0.610. The SMILES string of the molecule is CCCC(C)(C(=O)O)C1(O)COC(C)(C)C1. The van der Waals surface area contributed by atoms with Gasteiger partial charge in [-0.15, -0.1) is 0 Å². The summed E-state index contributed by atoms with van der Waals surface area (Å²) < 4.78 is 5.49. The van der Waals surface area contributed by atoms with Gasteiger partial charge in [0, 0.05) is 6.42 Å². The molecule has 0 aromatic carbocycles. The highest BCUT2D eigenvalue weighted by molar-refractivity contribution is 5.76. The van der Waals surface area contributed by atoms with Crippen molar-refractivity contribution in [3.63, 3.8) is 0 Å². The molecular formula is C12H22O4. The fraction of sp³-hybridized carbons (Fsp3) is 0.917. The molecule has 0 bridgehead atoms. The van der Waals surface area contributed by atoms with Gasteiger partial charge in [-0.05, 0) is 27.2 Å². The van der Waals surface area contributed by atoms with E-state index in [4.69, 9.17) is 4.74 Å². The van der Waals surface area contributed by atoms with Crippen LogP contribution in [0.15, 0.2) is 0 Å². The number of hydrogen-bond acceptors (Lipinski definition) is 3. The number of aliphatic hydroxyl groups is 1. The van der Waals surface area contributed by atoms with Crippen LogP contribution in [0.25, 0.3) is 0 Å². The van der Waals surface area contributed by atoms with E-state index in [0.717, 1.165) is 6.42 Å². The van der Waals surface area contributed by atoms with Gasteiger partial charge in [0.05, 0.1) is 17.6 Å². The predicted molar refractivity (Wildman–Crippen MR) is 60.2 cm³/mol. The van der Waals surface area contributed by atoms with Crippen LogP contribution in [-0.4, -0.2) is 34.0 Å². The van der Waals surface area contributed by atoms with Gasteiger partial charge in [-0.25, -0.2) is 0 Å². The van der Waals surface area contributed by atoms with Gasteiger partial charge in [0.25, 0.3) is 0 Å². The van der Waals surface area contributed by atoms with Gasteiger partial charge in [-0.3, -0.25) is 4.79 Å². The lowest BCUT2D eigenvalue weighted by Crippen LogP contribution is -2.52. The molecular weight excluding hydrogens is 208 g/mol. The molecule has 4 heteroatoms. The van der Waals surface area contributed by atoms with E-state index in [1.165, 1.54) is 0 Å². The Morgan fingerprint density at radius 3 is 2.38 bits per heavy atom. The van der Waals surface area contributed by atoms with Gasteiger partial charge in [0.15, 0.2) is 0 Å². The van der Waals surface area contributed by atoms with Crippen molar-refractivity contribution in [1.82, 2.24) is 0 Å². The fourth-order valence-electron chi connectivity index (χ4n) is 2.51. The summed E-state index contributed by atoms with van der Waals surface area (Å²) in [5.41, 5.74) is -2.84. The first-order valence-corrected chi connectivity index (χ1v) is 5.77. The zero-order valence-electron chi connectivity index (χ0n) is 10.5. The van der Waals surface area contributed by atoms with Crippen molar-refractivity contribution >= 4 is 5.97 Å². The lowest BCUT2D eigenvalue weighted by molar-refractivity contribution is -0.168. The number of aliphatic carboxylic acids is 1. The van der Waals surface area contributed by atoms with Gasteiger partial charge in [0.1, 0.15) is 5.60 Å². The summed E-state index contributed by atoms with van der Waals surface area (Å²) in [5.74, 6) is -0.946. The molecule has 0 radical (unpaired) electrons. The van der Waals surface area contributed by atoms with Gasteiger partial charge < -0.3 is 14.9 Å². The quantitative estimate of drug-likeness (QED) is 0.773. The number of carbonyl (C=O) groups is 1. The minimum atomic E-state index is -1.27. The van der Waals surface area contributed by atoms with Crippen molar-refractivity contribution in [1.29, 1.82) is 0 Å². The van der Waals surface area contributed by atoms with E-state index in [2.05, 4.69) is 0 Å². The third-order valence-electron chi connectivity index (χ3n) is 3.67. The third-order valence-corrected chi connectivity index (χ3v) is 3.67. The van der Waals surface area contributed by atoms with E-state index >= 15 is 0 Å². The minimum absolute atomic E-state index is 0.1000. The highest BCUT2D eigenvalue weighted by Gasteiger charge is 2.58. The molecule has 0 aliphatic carbocycles. The van der Waals surface area contributed by atoms with Crippen LogP contribution in [-0.2, 0) is 9.53 Å². The van der Waals surface area contributed by atoms with Crippen molar-refractivity contribution in [3.05, 3.63) is 0 Å². The van der Waals surface area contributed by atoms with E-state index in [-0.39, 0.29) is 6.61 Å². The zero-order valence-corrected chi connectivity index (χ0v) is 10.5. The van der Waals surface area contributed by atoms with Crippen molar-refractivity contribution in [3.8, 4) is 0 Å². The molecule has 94 valence electrons. The summed E-state index contributed by atoms with van der Waals surface area (Å²) in [5, 5.41) is 19.9. The lowest BCUT2D eigenvalue weighted by atomic mass is 9.68. The lowest BCUT2D eigenvalue weighted by Gasteiger charge is -2.38. The van der Waals surface area contributed by atoms with Crippen molar-refractivity contribution < 1.29 is 19.7 Å². The van der Waals surface area contributed by atoms with Crippen LogP contribution >= 0.6 is 0 Å². The molecule has 0 spiro atoms. The highest BCUT2D eigenvalue weighted by Crippen LogP contribution is 2.46. The molecule has 1 fully saturated rings. The number of carboxylic acid groups (broad SMARTS) is 1. The Morgan fingerprint density at radius 2 is 2.06 bits per heavy atom. The van der Waals surface area contributed by atoms with Gasteiger partial charge >= 0.3 is 5.97 Å². The Bertz CT molecular complexity index is 287. The maximum Gasteiger partial charge on any atom is 0.312 e. The summed E-state index contributed by atoms with van der Waals surface area (Å²) in [7, 11) is 0. The molecule has 1 heterocycles. The van der Waals surface area contributed by atoms with Gasteiger partial charge in [-0.2, -0.15) is 0 Å².